The maximum absolute atomic E-state index is 8.78. The van der Waals surface area contributed by atoms with Crippen LogP contribution in [-0.2, 0) is 6.54 Å². The van der Waals surface area contributed by atoms with Gasteiger partial charge in [-0.25, -0.2) is 4.98 Å². The van der Waals surface area contributed by atoms with Gasteiger partial charge >= 0.3 is 0 Å². The molecular formula is C12H17N3S. The SMILES string of the molecule is Cc1ncsc1CN(C)CC1(CC#N)CC1. The Bertz CT molecular complexity index is 401. The molecule has 1 fully saturated rings. The van der Waals surface area contributed by atoms with Gasteiger partial charge in [0.15, 0.2) is 0 Å². The monoisotopic (exact) mass is 235 g/mol. The molecule has 16 heavy (non-hydrogen) atoms. The molecule has 86 valence electrons. The van der Waals surface area contributed by atoms with E-state index in [2.05, 4.69) is 29.9 Å². The van der Waals surface area contributed by atoms with Gasteiger partial charge in [0.1, 0.15) is 0 Å². The maximum Gasteiger partial charge on any atom is 0.0798 e. The van der Waals surface area contributed by atoms with Crippen molar-refractivity contribution < 1.29 is 0 Å². The molecule has 0 aliphatic heterocycles. The van der Waals surface area contributed by atoms with Gasteiger partial charge < -0.3 is 4.90 Å². The number of hydrogen-bond acceptors (Lipinski definition) is 4. The van der Waals surface area contributed by atoms with Crippen molar-refractivity contribution >= 4 is 11.3 Å². The zero-order chi connectivity index (χ0) is 11.6. The first-order chi connectivity index (χ1) is 7.65. The van der Waals surface area contributed by atoms with E-state index in [1.807, 2.05) is 5.51 Å². The van der Waals surface area contributed by atoms with Crippen molar-refractivity contribution in [2.75, 3.05) is 13.6 Å². The van der Waals surface area contributed by atoms with Gasteiger partial charge in [-0.3, -0.25) is 0 Å². The van der Waals surface area contributed by atoms with Crippen LogP contribution in [0.3, 0.4) is 0 Å². The van der Waals surface area contributed by atoms with Gasteiger partial charge in [0.2, 0.25) is 0 Å². The molecule has 0 atom stereocenters. The summed E-state index contributed by atoms with van der Waals surface area (Å²) in [6, 6.07) is 2.31. The van der Waals surface area contributed by atoms with Crippen molar-refractivity contribution in [3.05, 3.63) is 16.1 Å². The molecular weight excluding hydrogens is 218 g/mol. The van der Waals surface area contributed by atoms with Crippen molar-refractivity contribution in [2.24, 2.45) is 5.41 Å². The Balaban J connectivity index is 1.88. The molecule has 0 N–H and O–H groups in total. The Hall–Kier alpha value is -0.920. The van der Waals surface area contributed by atoms with E-state index in [0.29, 0.717) is 11.8 Å². The molecule has 3 nitrogen and oxygen atoms in total. The molecule has 0 aromatic carbocycles. The first-order valence-electron chi connectivity index (χ1n) is 5.60. The average Bonchev–Trinajstić information content (AvgIpc) is 2.85. The van der Waals surface area contributed by atoms with Gasteiger partial charge in [-0.1, -0.05) is 0 Å². The summed E-state index contributed by atoms with van der Waals surface area (Å²) in [5, 5.41) is 8.78. The molecule has 0 saturated heterocycles. The second kappa shape index (κ2) is 4.52. The Morgan fingerprint density at radius 3 is 2.88 bits per heavy atom. The Labute approximate surface area is 101 Å². The lowest BCUT2D eigenvalue weighted by Gasteiger charge is -2.21. The fraction of sp³-hybridized carbons (Fsp3) is 0.667. The fourth-order valence-electron chi connectivity index (χ4n) is 2.09. The molecule has 0 amide bonds. The lowest BCUT2D eigenvalue weighted by Crippen LogP contribution is -2.26. The van der Waals surface area contributed by atoms with E-state index in [9.17, 15) is 0 Å². The molecule has 1 aliphatic carbocycles. The van der Waals surface area contributed by atoms with Crippen molar-refractivity contribution in [3.8, 4) is 6.07 Å². The second-order valence-electron chi connectivity index (χ2n) is 4.87. The fourth-order valence-corrected chi connectivity index (χ4v) is 2.94. The van der Waals surface area contributed by atoms with E-state index in [4.69, 9.17) is 5.26 Å². The summed E-state index contributed by atoms with van der Waals surface area (Å²) in [5.74, 6) is 0. The Morgan fingerprint density at radius 2 is 2.38 bits per heavy atom. The maximum atomic E-state index is 8.78. The Kier molecular flexibility index (Phi) is 3.27. The number of aryl methyl sites for hydroxylation is 1. The van der Waals surface area contributed by atoms with Gasteiger partial charge in [0.25, 0.3) is 0 Å². The lowest BCUT2D eigenvalue weighted by molar-refractivity contribution is 0.259. The van der Waals surface area contributed by atoms with Crippen molar-refractivity contribution in [1.29, 1.82) is 5.26 Å². The lowest BCUT2D eigenvalue weighted by atomic mass is 10.0. The van der Waals surface area contributed by atoms with E-state index in [1.54, 1.807) is 11.3 Å². The van der Waals surface area contributed by atoms with E-state index in [-0.39, 0.29) is 0 Å². The predicted octanol–water partition coefficient (Wildman–Crippen LogP) is 2.58. The highest BCUT2D eigenvalue weighted by atomic mass is 32.1. The number of hydrogen-bond donors (Lipinski definition) is 0. The zero-order valence-electron chi connectivity index (χ0n) is 9.86. The van der Waals surface area contributed by atoms with Crippen LogP contribution in [0.5, 0.6) is 0 Å². The smallest absolute Gasteiger partial charge is 0.0798 e. The number of aromatic nitrogens is 1. The summed E-state index contributed by atoms with van der Waals surface area (Å²) >= 11 is 1.72. The molecule has 0 bridgehead atoms. The van der Waals surface area contributed by atoms with E-state index < -0.39 is 0 Å². The molecule has 0 spiro atoms. The number of nitriles is 1. The summed E-state index contributed by atoms with van der Waals surface area (Å²) in [5.41, 5.74) is 3.35. The van der Waals surface area contributed by atoms with Gasteiger partial charge in [-0.05, 0) is 32.2 Å². The molecule has 0 unspecified atom stereocenters. The van der Waals surface area contributed by atoms with Crippen LogP contribution in [0, 0.1) is 23.7 Å². The summed E-state index contributed by atoms with van der Waals surface area (Å²) in [4.78, 5) is 7.92. The van der Waals surface area contributed by atoms with E-state index in [1.165, 1.54) is 17.7 Å². The molecule has 1 aliphatic rings. The molecule has 1 aromatic rings. The van der Waals surface area contributed by atoms with E-state index in [0.717, 1.165) is 18.8 Å². The minimum absolute atomic E-state index is 0.308. The third-order valence-electron chi connectivity index (χ3n) is 3.27. The quantitative estimate of drug-likeness (QED) is 0.787. The third kappa shape index (κ3) is 2.60. The van der Waals surface area contributed by atoms with Crippen LogP contribution >= 0.6 is 11.3 Å². The van der Waals surface area contributed by atoms with Crippen LogP contribution < -0.4 is 0 Å². The molecule has 0 radical (unpaired) electrons. The van der Waals surface area contributed by atoms with Crippen LogP contribution in [-0.4, -0.2) is 23.5 Å². The summed E-state index contributed by atoms with van der Waals surface area (Å²) < 4.78 is 0. The minimum atomic E-state index is 0.308. The first-order valence-corrected chi connectivity index (χ1v) is 6.48. The highest BCUT2D eigenvalue weighted by Gasteiger charge is 2.43. The summed E-state index contributed by atoms with van der Waals surface area (Å²) in [7, 11) is 2.14. The highest BCUT2D eigenvalue weighted by Crippen LogP contribution is 2.49. The Morgan fingerprint density at radius 1 is 1.62 bits per heavy atom. The third-order valence-corrected chi connectivity index (χ3v) is 4.19. The van der Waals surface area contributed by atoms with Gasteiger partial charge in [-0.2, -0.15) is 5.26 Å². The molecule has 1 aromatic heterocycles. The van der Waals surface area contributed by atoms with Crippen LogP contribution in [0.1, 0.15) is 29.8 Å². The van der Waals surface area contributed by atoms with Crippen LogP contribution in [0.15, 0.2) is 5.51 Å². The average molecular weight is 235 g/mol. The normalized spacial score (nSPS) is 17.4. The van der Waals surface area contributed by atoms with Crippen molar-refractivity contribution in [3.63, 3.8) is 0 Å². The summed E-state index contributed by atoms with van der Waals surface area (Å²) in [6.07, 6.45) is 3.14. The second-order valence-corrected chi connectivity index (χ2v) is 5.81. The van der Waals surface area contributed by atoms with Gasteiger partial charge in [0.05, 0.1) is 17.3 Å². The van der Waals surface area contributed by atoms with Crippen LogP contribution in [0.2, 0.25) is 0 Å². The summed E-state index contributed by atoms with van der Waals surface area (Å²) in [6.45, 7) is 4.06. The number of rotatable bonds is 5. The van der Waals surface area contributed by atoms with Gasteiger partial charge in [0, 0.05) is 24.4 Å². The van der Waals surface area contributed by atoms with Gasteiger partial charge in [-0.15, -0.1) is 11.3 Å². The van der Waals surface area contributed by atoms with Crippen molar-refractivity contribution in [2.45, 2.75) is 32.7 Å². The molecule has 2 rings (SSSR count). The number of nitrogens with zero attached hydrogens (tertiary/aromatic N) is 3. The first kappa shape index (κ1) is 11.6. The van der Waals surface area contributed by atoms with E-state index >= 15 is 0 Å². The standard InChI is InChI=1S/C12H17N3S/c1-10-11(16-9-14-10)7-15(2)8-12(3-4-12)5-6-13/h9H,3-5,7-8H2,1-2H3. The van der Waals surface area contributed by atoms with Crippen LogP contribution in [0.4, 0.5) is 0 Å². The zero-order valence-corrected chi connectivity index (χ0v) is 10.7. The minimum Gasteiger partial charge on any atom is -0.301 e. The predicted molar refractivity (Wildman–Crippen MR) is 65.1 cm³/mol. The highest BCUT2D eigenvalue weighted by molar-refractivity contribution is 7.09. The number of thiazole rings is 1. The molecule has 1 heterocycles. The largest absolute Gasteiger partial charge is 0.301 e. The van der Waals surface area contributed by atoms with Crippen LogP contribution in [0.25, 0.3) is 0 Å². The molecule has 1 saturated carbocycles. The topological polar surface area (TPSA) is 39.9 Å². The molecule has 4 heteroatoms. The van der Waals surface area contributed by atoms with Crippen molar-refractivity contribution in [1.82, 2.24) is 9.88 Å².